The zero-order valence-electron chi connectivity index (χ0n) is 11.5. The third-order valence-electron chi connectivity index (χ3n) is 2.25. The second-order valence-corrected chi connectivity index (χ2v) is 3.68. The molecule has 0 unspecified atom stereocenters. The van der Waals surface area contributed by atoms with E-state index in [4.69, 9.17) is 10.4 Å². The Morgan fingerprint density at radius 3 is 1.88 bits per heavy atom. The smallest absolute Gasteiger partial charge is 0.267 e. The molecule has 0 spiro atoms. The molecule has 3 heteroatoms. The van der Waals surface area contributed by atoms with Gasteiger partial charge in [-0.25, -0.2) is 5.26 Å². The minimum atomic E-state index is 0.306. The Morgan fingerprint density at radius 1 is 1.18 bits per heavy atom. The average Bonchev–Trinajstić information content (AvgIpc) is 2.40. The van der Waals surface area contributed by atoms with Crippen molar-refractivity contribution in [3.8, 4) is 5.97 Å². The van der Waals surface area contributed by atoms with Crippen LogP contribution in [0.25, 0.3) is 0 Å². The fourth-order valence-electron chi connectivity index (χ4n) is 1.24. The number of aryl methyl sites for hydroxylation is 1. The van der Waals surface area contributed by atoms with Gasteiger partial charge in [0.1, 0.15) is 0 Å². The van der Waals surface area contributed by atoms with Gasteiger partial charge in [-0.05, 0) is 6.92 Å². The molecule has 1 rings (SSSR count). The molecule has 0 aliphatic carbocycles. The molecule has 1 aromatic rings. The summed E-state index contributed by atoms with van der Waals surface area (Å²) >= 11 is 0. The molecule has 0 aromatic heterocycles. The third-order valence-corrected chi connectivity index (χ3v) is 2.25. The van der Waals surface area contributed by atoms with Crippen LogP contribution in [0.1, 0.15) is 25.8 Å². The van der Waals surface area contributed by atoms with Gasteiger partial charge in [0.15, 0.2) is 0 Å². The highest BCUT2D eigenvalue weighted by Gasteiger charge is 2.06. The van der Waals surface area contributed by atoms with Gasteiger partial charge < -0.3 is 5.11 Å². The summed E-state index contributed by atoms with van der Waals surface area (Å²) in [6, 6.07) is 10.3. The first kappa shape index (κ1) is 18.1. The highest BCUT2D eigenvalue weighted by molar-refractivity contribution is 6.66. The maximum Gasteiger partial charge on any atom is 0.267 e. The van der Waals surface area contributed by atoms with Crippen molar-refractivity contribution in [1.82, 2.24) is 0 Å². The van der Waals surface area contributed by atoms with Gasteiger partial charge in [0.25, 0.3) is 6.71 Å². The lowest BCUT2D eigenvalue weighted by atomic mass is 9.46. The Kier molecular flexibility index (Phi) is 15.7. The average molecular weight is 233 g/mol. The van der Waals surface area contributed by atoms with Gasteiger partial charge in [-0.3, -0.25) is 0 Å². The van der Waals surface area contributed by atoms with Crippen LogP contribution in [0.3, 0.4) is 0 Å². The minimum Gasteiger partial charge on any atom is -0.400 e. The van der Waals surface area contributed by atoms with Gasteiger partial charge in [0.2, 0.25) is 0 Å². The standard InChI is InChI=1S/C7H8.C6H12BN.CH4O/c1-7-5-3-2-4-6-7;1-3-5-7(4-2)6-8;1-2/h2-6H,1H3;3-5H2,1-2H3;2H,1H3. The summed E-state index contributed by atoms with van der Waals surface area (Å²) < 4.78 is 0. The zero-order chi connectivity index (χ0) is 13.5. The maximum atomic E-state index is 8.41. The van der Waals surface area contributed by atoms with Gasteiger partial charge in [0.05, 0.1) is 0 Å². The van der Waals surface area contributed by atoms with E-state index in [1.54, 1.807) is 0 Å². The topological polar surface area (TPSA) is 44.0 Å². The molecule has 17 heavy (non-hydrogen) atoms. The Bertz CT molecular complexity index is 282. The van der Waals surface area contributed by atoms with Crippen LogP contribution in [-0.4, -0.2) is 18.9 Å². The molecule has 0 aliphatic heterocycles. The van der Waals surface area contributed by atoms with Crippen LogP contribution in [0.2, 0.25) is 12.6 Å². The van der Waals surface area contributed by atoms with E-state index in [0.29, 0.717) is 6.71 Å². The largest absolute Gasteiger partial charge is 0.400 e. The molecule has 0 radical (unpaired) electrons. The molecule has 94 valence electrons. The van der Waals surface area contributed by atoms with E-state index < -0.39 is 0 Å². The van der Waals surface area contributed by atoms with Crippen molar-refractivity contribution in [3.05, 3.63) is 35.9 Å². The van der Waals surface area contributed by atoms with Gasteiger partial charge in [0, 0.05) is 13.1 Å². The van der Waals surface area contributed by atoms with E-state index in [9.17, 15) is 0 Å². The lowest BCUT2D eigenvalue weighted by Gasteiger charge is -1.94. The monoisotopic (exact) mass is 233 g/mol. The fraction of sp³-hybridized carbons (Fsp3) is 0.500. The van der Waals surface area contributed by atoms with E-state index in [1.807, 2.05) is 18.2 Å². The lowest BCUT2D eigenvalue weighted by molar-refractivity contribution is 0.399. The number of aliphatic hydroxyl groups excluding tert-OH is 1. The van der Waals surface area contributed by atoms with Crippen molar-refractivity contribution in [2.45, 2.75) is 39.8 Å². The van der Waals surface area contributed by atoms with Crippen molar-refractivity contribution in [1.29, 1.82) is 5.26 Å². The molecule has 0 amide bonds. The quantitative estimate of drug-likeness (QED) is 0.811. The first-order valence-corrected chi connectivity index (χ1v) is 6.10. The molecule has 0 fully saturated rings. The van der Waals surface area contributed by atoms with Gasteiger partial charge >= 0.3 is 0 Å². The molecule has 0 bridgehead atoms. The number of nitrogens with zero attached hydrogens (tertiary/aromatic N) is 1. The highest BCUT2D eigenvalue weighted by Crippen LogP contribution is 1.99. The molecule has 0 atom stereocenters. The summed E-state index contributed by atoms with van der Waals surface area (Å²) in [6.07, 6.45) is 3.20. The maximum absolute atomic E-state index is 8.41. The second kappa shape index (κ2) is 14.7. The number of hydrogen-bond acceptors (Lipinski definition) is 2. The Labute approximate surface area is 106 Å². The third kappa shape index (κ3) is 12.7. The van der Waals surface area contributed by atoms with Crippen LogP contribution in [0, 0.1) is 18.2 Å². The van der Waals surface area contributed by atoms with Crippen LogP contribution in [0.4, 0.5) is 0 Å². The van der Waals surface area contributed by atoms with Gasteiger partial charge in [-0.15, -0.1) is 0 Å². The SMILES string of the molecule is CCCB(C#N)CC.CO.Cc1ccccc1. The van der Waals surface area contributed by atoms with Crippen molar-refractivity contribution >= 4 is 6.71 Å². The normalized spacial score (nSPS) is 7.76. The number of benzene rings is 1. The molecule has 0 aliphatic rings. The first-order chi connectivity index (χ1) is 8.24. The Hall–Kier alpha value is -1.27. The van der Waals surface area contributed by atoms with Crippen LogP contribution in [0.15, 0.2) is 30.3 Å². The Balaban J connectivity index is 0. The molecule has 0 saturated heterocycles. The highest BCUT2D eigenvalue weighted by atomic mass is 16.2. The molecule has 0 heterocycles. The van der Waals surface area contributed by atoms with Crippen molar-refractivity contribution < 1.29 is 5.11 Å². The number of aliphatic hydroxyl groups is 1. The van der Waals surface area contributed by atoms with E-state index in [1.165, 1.54) is 5.56 Å². The molecular weight excluding hydrogens is 209 g/mol. The lowest BCUT2D eigenvalue weighted by Crippen LogP contribution is -2.05. The van der Waals surface area contributed by atoms with Crippen LogP contribution in [-0.2, 0) is 0 Å². The van der Waals surface area contributed by atoms with E-state index in [2.05, 4.69) is 38.9 Å². The van der Waals surface area contributed by atoms with Crippen LogP contribution >= 0.6 is 0 Å². The summed E-state index contributed by atoms with van der Waals surface area (Å²) in [4.78, 5) is 0. The van der Waals surface area contributed by atoms with Crippen molar-refractivity contribution in [2.24, 2.45) is 0 Å². The molecule has 2 nitrogen and oxygen atoms in total. The predicted octanol–water partition coefficient (Wildman–Crippen LogP) is 3.58. The van der Waals surface area contributed by atoms with Gasteiger partial charge in [-0.2, -0.15) is 0 Å². The molecule has 0 saturated carbocycles. The number of nitriles is 1. The first-order valence-electron chi connectivity index (χ1n) is 6.10. The summed E-state index contributed by atoms with van der Waals surface area (Å²) in [7, 11) is 1.00. The summed E-state index contributed by atoms with van der Waals surface area (Å²) in [5.41, 5.74) is 1.32. The molecule has 1 N–H and O–H groups in total. The van der Waals surface area contributed by atoms with Crippen molar-refractivity contribution in [3.63, 3.8) is 0 Å². The van der Waals surface area contributed by atoms with Crippen molar-refractivity contribution in [2.75, 3.05) is 7.11 Å². The predicted molar refractivity (Wildman–Crippen MR) is 76.3 cm³/mol. The van der Waals surface area contributed by atoms with E-state index in [0.717, 1.165) is 26.2 Å². The fourth-order valence-corrected chi connectivity index (χ4v) is 1.24. The van der Waals surface area contributed by atoms with Gasteiger partial charge in [-0.1, -0.05) is 68.8 Å². The van der Waals surface area contributed by atoms with E-state index in [-0.39, 0.29) is 0 Å². The second-order valence-electron chi connectivity index (χ2n) is 3.68. The Morgan fingerprint density at radius 2 is 1.71 bits per heavy atom. The van der Waals surface area contributed by atoms with E-state index >= 15 is 0 Å². The molecular formula is C14H24BNO. The summed E-state index contributed by atoms with van der Waals surface area (Å²) in [5, 5.41) is 15.4. The number of hydrogen-bond donors (Lipinski definition) is 1. The molecule has 1 aromatic carbocycles. The summed E-state index contributed by atoms with van der Waals surface area (Å²) in [6.45, 7) is 6.56. The summed E-state index contributed by atoms with van der Waals surface area (Å²) in [5.74, 6) is 2.25. The van der Waals surface area contributed by atoms with Crippen LogP contribution in [0.5, 0.6) is 0 Å². The van der Waals surface area contributed by atoms with Crippen LogP contribution < -0.4 is 0 Å². The number of rotatable bonds is 3. The minimum absolute atomic E-state index is 0.306. The zero-order valence-corrected chi connectivity index (χ0v) is 11.5.